The van der Waals surface area contributed by atoms with E-state index < -0.39 is 28.3 Å². The lowest BCUT2D eigenvalue weighted by Crippen LogP contribution is -2.25. The molecule has 0 radical (unpaired) electrons. The van der Waals surface area contributed by atoms with E-state index in [0.29, 0.717) is 15.6 Å². The number of amides is 1. The maximum Gasteiger partial charge on any atom is 0.435 e. The monoisotopic (exact) mass is 461 g/mol. The summed E-state index contributed by atoms with van der Waals surface area (Å²) < 4.78 is 46.2. The number of benzene rings is 2. The van der Waals surface area contributed by atoms with E-state index in [1.54, 1.807) is 0 Å². The van der Waals surface area contributed by atoms with Gasteiger partial charge in [-0.2, -0.15) is 23.3 Å². The van der Waals surface area contributed by atoms with Crippen molar-refractivity contribution in [3.05, 3.63) is 87.1 Å². The molecule has 0 bridgehead atoms. The number of nitrogens with zero attached hydrogens (tertiary/aromatic N) is 3. The highest BCUT2D eigenvalue weighted by molar-refractivity contribution is 6.34. The minimum atomic E-state index is -4.88. The van der Waals surface area contributed by atoms with Crippen molar-refractivity contribution in [2.75, 3.05) is 5.01 Å². The fourth-order valence-corrected chi connectivity index (χ4v) is 3.11. The van der Waals surface area contributed by atoms with E-state index in [9.17, 15) is 28.1 Å². The number of non-ortho nitro benzene ring substituents is 1. The van der Waals surface area contributed by atoms with E-state index >= 15 is 0 Å². The van der Waals surface area contributed by atoms with Gasteiger partial charge in [0.05, 0.1) is 16.2 Å². The van der Waals surface area contributed by atoms with Crippen molar-refractivity contribution in [1.29, 1.82) is 0 Å². The smallest absolute Gasteiger partial charge is 0.435 e. The molecule has 1 aliphatic heterocycles. The van der Waals surface area contributed by atoms with Crippen LogP contribution in [0.4, 0.5) is 24.5 Å². The zero-order chi connectivity index (χ0) is 23.0. The van der Waals surface area contributed by atoms with Gasteiger partial charge >= 0.3 is 6.18 Å². The molecule has 162 valence electrons. The summed E-state index contributed by atoms with van der Waals surface area (Å²) in [6.45, 7) is 0. The Morgan fingerprint density at radius 3 is 2.28 bits per heavy atom. The second kappa shape index (κ2) is 7.97. The number of hydrazone groups is 1. The molecule has 1 aliphatic rings. The molecule has 7 nitrogen and oxygen atoms in total. The van der Waals surface area contributed by atoms with Crippen LogP contribution in [0.15, 0.2) is 75.8 Å². The average Bonchev–Trinajstić information content (AvgIpc) is 3.34. The third kappa shape index (κ3) is 4.12. The number of furan rings is 1. The number of nitro benzene ring substituents is 1. The first-order valence-corrected chi connectivity index (χ1v) is 9.34. The first kappa shape index (κ1) is 21.3. The van der Waals surface area contributed by atoms with Crippen LogP contribution in [0.2, 0.25) is 5.02 Å². The van der Waals surface area contributed by atoms with Crippen LogP contribution in [0.1, 0.15) is 5.76 Å². The lowest BCUT2D eigenvalue weighted by molar-refractivity contribution is -0.384. The number of hydrogen-bond donors (Lipinski definition) is 0. The van der Waals surface area contributed by atoms with Crippen LogP contribution >= 0.6 is 11.6 Å². The molecule has 2 heterocycles. The standard InChI is InChI=1S/C21H11ClF3N3O4/c22-13-3-7-14(8-4-13)27-20(29)17(19(26-27)21(23,24)25)11-16-9-10-18(32-16)12-1-5-15(6-2-12)28(30)31/h1-11H. The molecule has 0 atom stereocenters. The van der Waals surface area contributed by atoms with Gasteiger partial charge in [-0.1, -0.05) is 11.6 Å². The fraction of sp³-hybridized carbons (Fsp3) is 0.0476. The molecule has 1 amide bonds. The number of alkyl halides is 3. The molecular weight excluding hydrogens is 451 g/mol. The molecule has 0 aliphatic carbocycles. The maximum absolute atomic E-state index is 13.6. The zero-order valence-electron chi connectivity index (χ0n) is 15.8. The molecule has 0 saturated carbocycles. The van der Waals surface area contributed by atoms with Gasteiger partial charge in [0.1, 0.15) is 11.5 Å². The minimum Gasteiger partial charge on any atom is -0.457 e. The van der Waals surface area contributed by atoms with Crippen molar-refractivity contribution in [2.45, 2.75) is 6.18 Å². The molecule has 0 N–H and O–H groups in total. The number of carbonyl (C=O) groups is 1. The Kier molecular flexibility index (Phi) is 5.31. The van der Waals surface area contributed by atoms with Gasteiger partial charge in [0.15, 0.2) is 5.71 Å². The Morgan fingerprint density at radius 1 is 1.03 bits per heavy atom. The van der Waals surface area contributed by atoms with Crippen molar-refractivity contribution in [2.24, 2.45) is 5.10 Å². The van der Waals surface area contributed by atoms with Gasteiger partial charge in [-0.25, -0.2) is 0 Å². The second-order valence-corrected chi connectivity index (χ2v) is 7.04. The molecule has 0 fully saturated rings. The SMILES string of the molecule is O=C1C(=Cc2ccc(-c3ccc([N+](=O)[O-])cc3)o2)C(C(F)(F)F)=NN1c1ccc(Cl)cc1. The van der Waals surface area contributed by atoms with Crippen LogP contribution in [0.25, 0.3) is 17.4 Å². The zero-order valence-corrected chi connectivity index (χ0v) is 16.6. The Balaban J connectivity index is 1.68. The average molecular weight is 462 g/mol. The first-order valence-electron chi connectivity index (χ1n) is 8.96. The summed E-state index contributed by atoms with van der Waals surface area (Å²) in [7, 11) is 0. The van der Waals surface area contributed by atoms with Gasteiger partial charge in [0, 0.05) is 22.7 Å². The topological polar surface area (TPSA) is 88.9 Å². The van der Waals surface area contributed by atoms with E-state index in [2.05, 4.69) is 5.10 Å². The van der Waals surface area contributed by atoms with Crippen molar-refractivity contribution < 1.29 is 27.3 Å². The highest BCUT2D eigenvalue weighted by atomic mass is 35.5. The number of carbonyl (C=O) groups excluding carboxylic acids is 1. The summed E-state index contributed by atoms with van der Waals surface area (Å²) in [5.41, 5.74) is -1.56. The fourth-order valence-electron chi connectivity index (χ4n) is 2.99. The quantitative estimate of drug-likeness (QED) is 0.276. The third-order valence-corrected chi connectivity index (χ3v) is 4.75. The largest absolute Gasteiger partial charge is 0.457 e. The van der Waals surface area contributed by atoms with Crippen molar-refractivity contribution in [3.8, 4) is 11.3 Å². The van der Waals surface area contributed by atoms with Crippen molar-refractivity contribution >= 4 is 40.7 Å². The number of halogens is 4. The Labute approximate surface area is 183 Å². The van der Waals surface area contributed by atoms with Crippen molar-refractivity contribution in [3.63, 3.8) is 0 Å². The van der Waals surface area contributed by atoms with Gasteiger partial charge < -0.3 is 4.42 Å². The molecule has 2 aromatic carbocycles. The third-order valence-electron chi connectivity index (χ3n) is 4.49. The summed E-state index contributed by atoms with van der Waals surface area (Å²) in [6, 6.07) is 13.9. The van der Waals surface area contributed by atoms with E-state index in [1.807, 2.05) is 0 Å². The van der Waals surface area contributed by atoms with Crippen molar-refractivity contribution in [1.82, 2.24) is 0 Å². The predicted molar refractivity (Wildman–Crippen MR) is 111 cm³/mol. The van der Waals surface area contributed by atoms with E-state index in [1.165, 1.54) is 60.7 Å². The lowest BCUT2D eigenvalue weighted by atomic mass is 10.1. The highest BCUT2D eigenvalue weighted by Crippen LogP contribution is 2.34. The van der Waals surface area contributed by atoms with Crippen LogP contribution in [-0.2, 0) is 4.79 Å². The molecule has 32 heavy (non-hydrogen) atoms. The number of rotatable bonds is 4. The van der Waals surface area contributed by atoms with Crippen LogP contribution < -0.4 is 5.01 Å². The lowest BCUT2D eigenvalue weighted by Gasteiger charge is -2.11. The summed E-state index contributed by atoms with van der Waals surface area (Å²) in [5.74, 6) is -0.734. The van der Waals surface area contributed by atoms with E-state index in [0.717, 1.165) is 6.08 Å². The number of hydrogen-bond acceptors (Lipinski definition) is 5. The molecule has 0 unspecified atom stereocenters. The Bertz CT molecular complexity index is 1260. The predicted octanol–water partition coefficient (Wildman–Crippen LogP) is 5.86. The number of anilines is 1. The highest BCUT2D eigenvalue weighted by Gasteiger charge is 2.47. The minimum absolute atomic E-state index is 0.0170. The van der Waals surface area contributed by atoms with Gasteiger partial charge in [-0.15, -0.1) is 0 Å². The van der Waals surface area contributed by atoms with Crippen LogP contribution in [0, 0.1) is 10.1 Å². The number of nitro groups is 1. The van der Waals surface area contributed by atoms with Gasteiger partial charge in [0.2, 0.25) is 0 Å². The molecule has 4 rings (SSSR count). The maximum atomic E-state index is 13.6. The van der Waals surface area contributed by atoms with E-state index in [-0.39, 0.29) is 22.9 Å². The van der Waals surface area contributed by atoms with Gasteiger partial charge in [-0.3, -0.25) is 14.9 Å². The summed E-state index contributed by atoms with van der Waals surface area (Å²) >= 11 is 5.79. The van der Waals surface area contributed by atoms with Crippen LogP contribution in [-0.4, -0.2) is 22.7 Å². The van der Waals surface area contributed by atoms with Gasteiger partial charge in [0.25, 0.3) is 11.6 Å². The molecule has 0 saturated heterocycles. The summed E-state index contributed by atoms with van der Waals surface area (Å²) in [4.78, 5) is 22.9. The Hall–Kier alpha value is -3.92. The molecule has 1 aromatic heterocycles. The normalized spacial score (nSPS) is 15.4. The summed E-state index contributed by atoms with van der Waals surface area (Å²) in [6.07, 6.45) is -3.92. The first-order chi connectivity index (χ1) is 15.1. The Morgan fingerprint density at radius 2 is 1.69 bits per heavy atom. The van der Waals surface area contributed by atoms with Gasteiger partial charge in [-0.05, 0) is 54.6 Å². The van der Waals surface area contributed by atoms with Crippen LogP contribution in [0.3, 0.4) is 0 Å². The molecule has 0 spiro atoms. The molecule has 3 aromatic rings. The van der Waals surface area contributed by atoms with Crippen LogP contribution in [0.5, 0.6) is 0 Å². The summed E-state index contributed by atoms with van der Waals surface area (Å²) in [5, 5.41) is 15.2. The molecular formula is C21H11ClF3N3O4. The molecule has 11 heteroatoms. The second-order valence-electron chi connectivity index (χ2n) is 6.60. The van der Waals surface area contributed by atoms with E-state index in [4.69, 9.17) is 16.0 Å².